The van der Waals surface area contributed by atoms with Crippen LogP contribution in [0.3, 0.4) is 0 Å². The molecule has 3 aromatic rings. The van der Waals surface area contributed by atoms with E-state index in [0.29, 0.717) is 35.7 Å². The maximum Gasteiger partial charge on any atom is 0.255 e. The van der Waals surface area contributed by atoms with Gasteiger partial charge in [-0.2, -0.15) is 5.10 Å². The molecule has 1 aliphatic heterocycles. The summed E-state index contributed by atoms with van der Waals surface area (Å²) in [5.74, 6) is -0.553. The lowest BCUT2D eigenvalue weighted by Gasteiger charge is -2.36. The monoisotopic (exact) mass is 449 g/mol. The molecule has 0 radical (unpaired) electrons. The standard InChI is InChI=1S/C25H28FN5O2/c1-18-24(19(2)31(28-18)22-10-8-20(26)9-11-22)25(33)27-13-12-23(32)30-16-14-29(15-17-30)21-6-4-3-5-7-21/h3-11H,12-17H2,1-2H3,(H,27,33). The van der Waals surface area contributed by atoms with E-state index in [1.807, 2.05) is 23.1 Å². The molecule has 0 atom stereocenters. The van der Waals surface area contributed by atoms with Crippen LogP contribution in [0.25, 0.3) is 5.69 Å². The molecule has 1 aliphatic rings. The number of halogens is 1. The molecule has 2 aromatic carbocycles. The summed E-state index contributed by atoms with van der Waals surface area (Å²) in [5, 5.41) is 7.28. The van der Waals surface area contributed by atoms with Crippen molar-refractivity contribution in [1.29, 1.82) is 0 Å². The van der Waals surface area contributed by atoms with Gasteiger partial charge in [0.2, 0.25) is 5.91 Å². The Kier molecular flexibility index (Phi) is 6.72. The number of piperazine rings is 1. The third kappa shape index (κ3) is 5.05. The second-order valence-electron chi connectivity index (χ2n) is 8.14. The van der Waals surface area contributed by atoms with Crippen molar-refractivity contribution in [2.45, 2.75) is 20.3 Å². The van der Waals surface area contributed by atoms with Gasteiger partial charge in [-0.15, -0.1) is 0 Å². The minimum Gasteiger partial charge on any atom is -0.368 e. The average Bonchev–Trinajstić information content (AvgIpc) is 3.14. The number of aryl methyl sites for hydroxylation is 1. The predicted octanol–water partition coefficient (Wildman–Crippen LogP) is 3.10. The first-order chi connectivity index (χ1) is 15.9. The number of amides is 2. The summed E-state index contributed by atoms with van der Waals surface area (Å²) in [5.41, 5.74) is 3.57. The Bertz CT molecular complexity index is 1120. The normalized spacial score (nSPS) is 13.8. The Hall–Kier alpha value is -3.68. The predicted molar refractivity (Wildman–Crippen MR) is 125 cm³/mol. The van der Waals surface area contributed by atoms with E-state index in [1.54, 1.807) is 30.7 Å². The molecule has 172 valence electrons. The lowest BCUT2D eigenvalue weighted by atomic mass is 10.1. The molecule has 0 bridgehead atoms. The first-order valence-corrected chi connectivity index (χ1v) is 11.1. The van der Waals surface area contributed by atoms with Gasteiger partial charge in [0.25, 0.3) is 5.91 Å². The molecule has 2 heterocycles. The third-order valence-electron chi connectivity index (χ3n) is 5.97. The van der Waals surface area contributed by atoms with Crippen LogP contribution < -0.4 is 10.2 Å². The Morgan fingerprint density at radius 1 is 0.939 bits per heavy atom. The highest BCUT2D eigenvalue weighted by Gasteiger charge is 2.22. The van der Waals surface area contributed by atoms with E-state index < -0.39 is 0 Å². The quantitative estimate of drug-likeness (QED) is 0.628. The summed E-state index contributed by atoms with van der Waals surface area (Å²) >= 11 is 0. The van der Waals surface area contributed by atoms with Crippen molar-refractivity contribution < 1.29 is 14.0 Å². The minimum absolute atomic E-state index is 0.0402. The van der Waals surface area contributed by atoms with Gasteiger partial charge in [0.15, 0.2) is 0 Å². The van der Waals surface area contributed by atoms with Crippen molar-refractivity contribution in [2.24, 2.45) is 0 Å². The molecule has 4 rings (SSSR count). The van der Waals surface area contributed by atoms with Crippen molar-refractivity contribution in [3.8, 4) is 5.69 Å². The number of benzene rings is 2. The molecule has 1 N–H and O–H groups in total. The first-order valence-electron chi connectivity index (χ1n) is 11.1. The van der Waals surface area contributed by atoms with Gasteiger partial charge in [-0.1, -0.05) is 18.2 Å². The van der Waals surface area contributed by atoms with E-state index in [4.69, 9.17) is 0 Å². The van der Waals surface area contributed by atoms with Gasteiger partial charge < -0.3 is 15.1 Å². The van der Waals surface area contributed by atoms with E-state index >= 15 is 0 Å². The van der Waals surface area contributed by atoms with Crippen LogP contribution in [0, 0.1) is 19.7 Å². The molecule has 2 amide bonds. The fraction of sp³-hybridized carbons (Fsp3) is 0.320. The maximum absolute atomic E-state index is 13.2. The Labute approximate surface area is 192 Å². The lowest BCUT2D eigenvalue weighted by Crippen LogP contribution is -2.49. The maximum atomic E-state index is 13.2. The van der Waals surface area contributed by atoms with Gasteiger partial charge in [0.05, 0.1) is 22.6 Å². The van der Waals surface area contributed by atoms with Gasteiger partial charge in [0.1, 0.15) is 5.82 Å². The molecule has 33 heavy (non-hydrogen) atoms. The number of rotatable bonds is 6. The number of hydrogen-bond donors (Lipinski definition) is 1. The highest BCUT2D eigenvalue weighted by molar-refractivity contribution is 5.96. The fourth-order valence-corrected chi connectivity index (χ4v) is 4.19. The van der Waals surface area contributed by atoms with Gasteiger partial charge in [-0.05, 0) is 50.2 Å². The van der Waals surface area contributed by atoms with Gasteiger partial charge in [0, 0.05) is 44.8 Å². The Morgan fingerprint density at radius 3 is 2.27 bits per heavy atom. The van der Waals surface area contributed by atoms with E-state index in [1.165, 1.54) is 17.8 Å². The van der Waals surface area contributed by atoms with Crippen molar-refractivity contribution >= 4 is 17.5 Å². The minimum atomic E-state index is -0.329. The zero-order chi connectivity index (χ0) is 23.4. The van der Waals surface area contributed by atoms with E-state index in [-0.39, 0.29) is 30.6 Å². The summed E-state index contributed by atoms with van der Waals surface area (Å²) in [7, 11) is 0. The largest absolute Gasteiger partial charge is 0.368 e. The molecular weight excluding hydrogens is 421 g/mol. The van der Waals surface area contributed by atoms with Gasteiger partial charge in [-0.25, -0.2) is 9.07 Å². The molecule has 8 heteroatoms. The summed E-state index contributed by atoms with van der Waals surface area (Å²) < 4.78 is 14.9. The number of carbonyl (C=O) groups excluding carboxylic acids is 2. The highest BCUT2D eigenvalue weighted by atomic mass is 19.1. The molecular formula is C25H28FN5O2. The van der Waals surface area contributed by atoms with Gasteiger partial charge in [-0.3, -0.25) is 9.59 Å². The molecule has 0 spiro atoms. The molecule has 0 unspecified atom stereocenters. The van der Waals surface area contributed by atoms with Gasteiger partial charge >= 0.3 is 0 Å². The van der Waals surface area contributed by atoms with E-state index in [9.17, 15) is 14.0 Å². The van der Waals surface area contributed by atoms with Crippen LogP contribution in [0.15, 0.2) is 54.6 Å². The van der Waals surface area contributed by atoms with Crippen LogP contribution in [-0.2, 0) is 4.79 Å². The number of anilines is 1. The smallest absolute Gasteiger partial charge is 0.255 e. The van der Waals surface area contributed by atoms with Crippen molar-refractivity contribution in [3.05, 3.63) is 77.4 Å². The molecule has 0 aliphatic carbocycles. The topological polar surface area (TPSA) is 70.5 Å². The summed E-state index contributed by atoms with van der Waals surface area (Å²) in [6.07, 6.45) is 0.251. The third-order valence-corrected chi connectivity index (χ3v) is 5.97. The van der Waals surface area contributed by atoms with Crippen LogP contribution in [0.5, 0.6) is 0 Å². The van der Waals surface area contributed by atoms with Crippen molar-refractivity contribution in [1.82, 2.24) is 20.0 Å². The Morgan fingerprint density at radius 2 is 1.61 bits per heavy atom. The lowest BCUT2D eigenvalue weighted by molar-refractivity contribution is -0.131. The second kappa shape index (κ2) is 9.85. The van der Waals surface area contributed by atoms with E-state index in [0.717, 1.165) is 13.1 Å². The zero-order valence-corrected chi connectivity index (χ0v) is 18.9. The zero-order valence-electron chi connectivity index (χ0n) is 18.9. The molecule has 0 saturated carbocycles. The number of nitrogens with zero attached hydrogens (tertiary/aromatic N) is 4. The average molecular weight is 450 g/mol. The summed E-state index contributed by atoms with van der Waals surface area (Å²) in [6.45, 7) is 6.76. The first kappa shape index (κ1) is 22.5. The number of nitrogens with one attached hydrogen (secondary N) is 1. The van der Waals surface area contributed by atoms with Crippen LogP contribution in [0.4, 0.5) is 10.1 Å². The molecule has 1 saturated heterocycles. The number of hydrogen-bond acceptors (Lipinski definition) is 4. The van der Waals surface area contributed by atoms with Crippen LogP contribution >= 0.6 is 0 Å². The van der Waals surface area contributed by atoms with E-state index in [2.05, 4.69) is 27.4 Å². The number of aromatic nitrogens is 2. The van der Waals surface area contributed by atoms with Crippen molar-refractivity contribution in [2.75, 3.05) is 37.6 Å². The number of carbonyl (C=O) groups is 2. The van der Waals surface area contributed by atoms with Crippen LogP contribution in [0.1, 0.15) is 28.2 Å². The molecule has 7 nitrogen and oxygen atoms in total. The fourth-order valence-electron chi connectivity index (χ4n) is 4.19. The number of para-hydroxylation sites is 1. The Balaban J connectivity index is 1.29. The second-order valence-corrected chi connectivity index (χ2v) is 8.14. The van der Waals surface area contributed by atoms with Crippen LogP contribution in [0.2, 0.25) is 0 Å². The summed E-state index contributed by atoms with van der Waals surface area (Å²) in [6, 6.07) is 16.1. The molecule has 1 aromatic heterocycles. The van der Waals surface area contributed by atoms with Crippen molar-refractivity contribution in [3.63, 3.8) is 0 Å². The van der Waals surface area contributed by atoms with Crippen LogP contribution in [-0.4, -0.2) is 59.2 Å². The molecule has 1 fully saturated rings. The SMILES string of the molecule is Cc1nn(-c2ccc(F)cc2)c(C)c1C(=O)NCCC(=O)N1CCN(c2ccccc2)CC1. The highest BCUT2D eigenvalue weighted by Crippen LogP contribution is 2.19. The summed E-state index contributed by atoms with van der Waals surface area (Å²) in [4.78, 5) is 29.5.